The highest BCUT2D eigenvalue weighted by atomic mass is 16.1. The van der Waals surface area contributed by atoms with Gasteiger partial charge in [-0.25, -0.2) is 0 Å². The minimum Gasteiger partial charge on any atom is -0.304 e. The molecule has 1 aliphatic heterocycles. The number of ketones is 1. The van der Waals surface area contributed by atoms with E-state index in [1.165, 1.54) is 0 Å². The molecule has 1 saturated heterocycles. The molecule has 1 rings (SSSR count). The van der Waals surface area contributed by atoms with Crippen molar-refractivity contribution in [3.63, 3.8) is 0 Å². The number of hydrogen-bond donors (Lipinski definition) is 1. The zero-order valence-corrected chi connectivity index (χ0v) is 6.11. The Morgan fingerprint density at radius 3 is 2.90 bits per heavy atom. The Kier molecular flexibility index (Phi) is 1.78. The Labute approximate surface area is 61.0 Å². The van der Waals surface area contributed by atoms with Gasteiger partial charge in [-0.15, -0.1) is 6.42 Å². The lowest BCUT2D eigenvalue weighted by molar-refractivity contribution is -0.118. The van der Waals surface area contributed by atoms with E-state index in [1.807, 2.05) is 6.92 Å². The van der Waals surface area contributed by atoms with Crippen LogP contribution < -0.4 is 5.32 Å². The average Bonchev–Trinajstić information content (AvgIpc) is 2.36. The lowest BCUT2D eigenvalue weighted by atomic mass is 9.95. The summed E-state index contributed by atoms with van der Waals surface area (Å²) in [6.45, 7) is 2.77. The van der Waals surface area contributed by atoms with Gasteiger partial charge in [-0.3, -0.25) is 4.79 Å². The Morgan fingerprint density at radius 2 is 2.50 bits per heavy atom. The third-order valence-corrected chi connectivity index (χ3v) is 2.00. The van der Waals surface area contributed by atoms with E-state index in [1.54, 1.807) is 0 Å². The van der Waals surface area contributed by atoms with Crippen molar-refractivity contribution in [1.29, 1.82) is 0 Å². The molecule has 0 aliphatic carbocycles. The second kappa shape index (κ2) is 2.43. The quantitative estimate of drug-likeness (QED) is 0.417. The fraction of sp³-hybridized carbons (Fsp3) is 0.625. The van der Waals surface area contributed by atoms with Gasteiger partial charge in [-0.1, -0.05) is 0 Å². The van der Waals surface area contributed by atoms with Gasteiger partial charge in [0.05, 0.1) is 5.54 Å². The summed E-state index contributed by atoms with van der Waals surface area (Å²) in [5.74, 6) is 2.03. The Hall–Kier alpha value is -0.810. The van der Waals surface area contributed by atoms with E-state index >= 15 is 0 Å². The van der Waals surface area contributed by atoms with Crippen molar-refractivity contribution < 1.29 is 4.79 Å². The zero-order valence-electron chi connectivity index (χ0n) is 6.11. The highest BCUT2D eigenvalue weighted by Crippen LogP contribution is 2.18. The molecule has 1 aliphatic rings. The van der Waals surface area contributed by atoms with Gasteiger partial charge in [-0.2, -0.15) is 0 Å². The van der Waals surface area contributed by atoms with Gasteiger partial charge in [0.1, 0.15) is 0 Å². The maximum absolute atomic E-state index is 11.0. The predicted octanol–water partition coefficient (Wildman–Crippen LogP) is 0.331. The monoisotopic (exact) mass is 137 g/mol. The van der Waals surface area contributed by atoms with E-state index in [9.17, 15) is 4.79 Å². The summed E-state index contributed by atoms with van der Waals surface area (Å²) in [7, 11) is 0. The molecule has 1 heterocycles. The largest absolute Gasteiger partial charge is 0.304 e. The van der Waals surface area contributed by atoms with Crippen LogP contribution in [0.4, 0.5) is 0 Å². The van der Waals surface area contributed by atoms with Crippen molar-refractivity contribution >= 4 is 5.78 Å². The van der Waals surface area contributed by atoms with Crippen LogP contribution in [0, 0.1) is 12.3 Å². The minimum absolute atomic E-state index is 0.120. The van der Waals surface area contributed by atoms with Crippen LogP contribution in [0.15, 0.2) is 0 Å². The molecule has 0 spiro atoms. The first-order valence-electron chi connectivity index (χ1n) is 3.45. The normalized spacial score (nSPS) is 31.6. The Balaban J connectivity index is 2.69. The van der Waals surface area contributed by atoms with Gasteiger partial charge in [0.15, 0.2) is 0 Å². The van der Waals surface area contributed by atoms with Crippen molar-refractivity contribution in [2.24, 2.45) is 0 Å². The predicted molar refractivity (Wildman–Crippen MR) is 39.5 cm³/mol. The number of hydrogen-bond acceptors (Lipinski definition) is 2. The lowest BCUT2D eigenvalue weighted by Gasteiger charge is -2.18. The molecule has 0 bridgehead atoms. The number of carbonyl (C=O) groups excluding carboxylic acids is 1. The Bertz CT molecular complexity index is 184. The maximum atomic E-state index is 11.0. The average molecular weight is 137 g/mol. The molecule has 54 valence electrons. The van der Waals surface area contributed by atoms with E-state index in [4.69, 9.17) is 6.42 Å². The molecule has 0 aromatic carbocycles. The minimum atomic E-state index is -0.422. The summed E-state index contributed by atoms with van der Waals surface area (Å²) in [6, 6.07) is 0. The van der Waals surface area contributed by atoms with Crippen LogP contribution in [0.2, 0.25) is 0 Å². The standard InChI is InChI=1S/C8H11NO/c1-3-7(10)8(2)5-4-6-9-8/h1,9H,4-6H2,2H3/t8-/m1/s1. The molecule has 2 nitrogen and oxygen atoms in total. The molecule has 0 amide bonds. The molecular formula is C8H11NO. The first kappa shape index (κ1) is 7.30. The third kappa shape index (κ3) is 1.05. The summed E-state index contributed by atoms with van der Waals surface area (Å²) in [6.07, 6.45) is 6.91. The molecule has 2 heteroatoms. The van der Waals surface area contributed by atoms with Crippen LogP contribution >= 0.6 is 0 Å². The molecule has 1 N–H and O–H groups in total. The molecule has 0 aromatic rings. The van der Waals surface area contributed by atoms with E-state index in [-0.39, 0.29) is 5.78 Å². The number of nitrogens with one attached hydrogen (secondary N) is 1. The molecule has 0 unspecified atom stereocenters. The van der Waals surface area contributed by atoms with Crippen LogP contribution in [-0.2, 0) is 4.79 Å². The van der Waals surface area contributed by atoms with Crippen molar-refractivity contribution in [3.05, 3.63) is 0 Å². The van der Waals surface area contributed by atoms with Gasteiger partial charge in [0.2, 0.25) is 5.78 Å². The number of terminal acetylenes is 1. The van der Waals surface area contributed by atoms with Crippen LogP contribution in [0.3, 0.4) is 0 Å². The van der Waals surface area contributed by atoms with Gasteiger partial charge in [0.25, 0.3) is 0 Å². The number of Topliss-reactive ketones (excluding diaryl/α,β-unsaturated/α-hetero) is 1. The van der Waals surface area contributed by atoms with E-state index < -0.39 is 5.54 Å². The fourth-order valence-corrected chi connectivity index (χ4v) is 1.25. The second-order valence-corrected chi connectivity index (χ2v) is 2.84. The van der Waals surface area contributed by atoms with Crippen LogP contribution in [-0.4, -0.2) is 17.9 Å². The van der Waals surface area contributed by atoms with Crippen LogP contribution in [0.5, 0.6) is 0 Å². The number of rotatable bonds is 1. The van der Waals surface area contributed by atoms with Gasteiger partial charge in [0, 0.05) is 0 Å². The zero-order chi connectivity index (χ0) is 7.61. The molecular weight excluding hydrogens is 126 g/mol. The molecule has 0 radical (unpaired) electrons. The van der Waals surface area contributed by atoms with Gasteiger partial charge >= 0.3 is 0 Å². The van der Waals surface area contributed by atoms with Crippen molar-refractivity contribution in [2.45, 2.75) is 25.3 Å². The van der Waals surface area contributed by atoms with E-state index in [2.05, 4.69) is 11.2 Å². The lowest BCUT2D eigenvalue weighted by Crippen LogP contribution is -2.43. The summed E-state index contributed by atoms with van der Waals surface area (Å²) < 4.78 is 0. The van der Waals surface area contributed by atoms with Crippen molar-refractivity contribution in [1.82, 2.24) is 5.32 Å². The molecule has 0 aromatic heterocycles. The highest BCUT2D eigenvalue weighted by Gasteiger charge is 2.34. The first-order valence-corrected chi connectivity index (χ1v) is 3.45. The van der Waals surface area contributed by atoms with Crippen molar-refractivity contribution in [2.75, 3.05) is 6.54 Å². The topological polar surface area (TPSA) is 29.1 Å². The third-order valence-electron chi connectivity index (χ3n) is 2.00. The van der Waals surface area contributed by atoms with E-state index in [0.717, 1.165) is 19.4 Å². The molecule has 1 atom stereocenters. The summed E-state index contributed by atoms with van der Waals surface area (Å²) in [4.78, 5) is 11.0. The van der Waals surface area contributed by atoms with Crippen LogP contribution in [0.25, 0.3) is 0 Å². The highest BCUT2D eigenvalue weighted by molar-refractivity contribution is 6.02. The summed E-state index contributed by atoms with van der Waals surface area (Å²) in [5.41, 5.74) is -0.422. The SMILES string of the molecule is C#CC(=O)[C@@]1(C)CCCN1. The van der Waals surface area contributed by atoms with Gasteiger partial charge in [-0.05, 0) is 32.2 Å². The second-order valence-electron chi connectivity index (χ2n) is 2.84. The summed E-state index contributed by atoms with van der Waals surface area (Å²) in [5, 5.41) is 3.09. The molecule has 10 heavy (non-hydrogen) atoms. The van der Waals surface area contributed by atoms with E-state index in [0.29, 0.717) is 0 Å². The van der Waals surface area contributed by atoms with Crippen molar-refractivity contribution in [3.8, 4) is 12.3 Å². The van der Waals surface area contributed by atoms with Gasteiger partial charge < -0.3 is 5.32 Å². The fourth-order valence-electron chi connectivity index (χ4n) is 1.25. The Morgan fingerprint density at radius 1 is 1.80 bits per heavy atom. The molecule has 1 fully saturated rings. The molecule has 0 saturated carbocycles. The number of carbonyl (C=O) groups is 1. The smallest absolute Gasteiger partial charge is 0.224 e. The first-order chi connectivity index (χ1) is 4.69. The summed E-state index contributed by atoms with van der Waals surface area (Å²) >= 11 is 0. The van der Waals surface area contributed by atoms with Crippen LogP contribution in [0.1, 0.15) is 19.8 Å². The maximum Gasteiger partial charge on any atom is 0.224 e.